The van der Waals surface area contributed by atoms with E-state index in [4.69, 9.17) is 0 Å². The molecule has 5 atom stereocenters. The number of aryl methyl sites for hydroxylation is 1. The van der Waals surface area contributed by atoms with Gasteiger partial charge >= 0.3 is 0 Å². The summed E-state index contributed by atoms with van der Waals surface area (Å²) in [6, 6.07) is 8.67. The van der Waals surface area contributed by atoms with Crippen molar-refractivity contribution in [3.8, 4) is 0 Å². The van der Waals surface area contributed by atoms with Gasteiger partial charge in [-0.2, -0.15) is 0 Å². The number of unbranched alkanes of at least 4 members (excludes halogenated alkanes) is 1. The molecular weight excluding hydrogens is 382 g/mol. The number of carbonyl (C=O) groups excluding carboxylic acids is 1. The van der Waals surface area contributed by atoms with E-state index >= 15 is 0 Å². The van der Waals surface area contributed by atoms with E-state index in [9.17, 15) is 9.90 Å². The molecule has 1 N–H and O–H groups in total. The van der Waals surface area contributed by atoms with Gasteiger partial charge in [-0.05, 0) is 62.3 Å². The molecule has 1 saturated carbocycles. The van der Waals surface area contributed by atoms with Crippen LogP contribution in [0.2, 0.25) is 0 Å². The SMILES string of the molecule is Cc1cccc(C(C)C=CC=C[C@@H]2[C@H]3CC(CCCCC(=O)N(C)C)=C[C@H]3C[C@H]2O)c1. The first-order valence-corrected chi connectivity index (χ1v) is 11.8. The van der Waals surface area contributed by atoms with Crippen molar-refractivity contribution in [1.29, 1.82) is 0 Å². The maximum Gasteiger partial charge on any atom is 0.222 e. The molecule has 3 heteroatoms. The Balaban J connectivity index is 1.47. The molecule has 1 aromatic carbocycles. The molecule has 0 heterocycles. The number of rotatable bonds is 9. The fourth-order valence-corrected chi connectivity index (χ4v) is 5.13. The Morgan fingerprint density at radius 3 is 2.81 bits per heavy atom. The minimum atomic E-state index is -0.232. The lowest BCUT2D eigenvalue weighted by atomic mass is 9.88. The van der Waals surface area contributed by atoms with Crippen LogP contribution in [0.3, 0.4) is 0 Å². The fraction of sp³-hybridized carbons (Fsp3) is 0.536. The van der Waals surface area contributed by atoms with Crippen LogP contribution in [0.4, 0.5) is 0 Å². The molecule has 1 fully saturated rings. The number of nitrogens with zero attached hydrogens (tertiary/aromatic N) is 1. The molecule has 1 amide bonds. The zero-order chi connectivity index (χ0) is 22.4. The number of benzene rings is 1. The van der Waals surface area contributed by atoms with Crippen molar-refractivity contribution in [3.63, 3.8) is 0 Å². The summed E-state index contributed by atoms with van der Waals surface area (Å²) >= 11 is 0. The van der Waals surface area contributed by atoms with E-state index in [-0.39, 0.29) is 17.9 Å². The highest BCUT2D eigenvalue weighted by atomic mass is 16.3. The first-order valence-electron chi connectivity index (χ1n) is 11.8. The van der Waals surface area contributed by atoms with Crippen molar-refractivity contribution < 1.29 is 9.90 Å². The molecule has 0 aliphatic heterocycles. The Morgan fingerprint density at radius 1 is 1.26 bits per heavy atom. The molecule has 0 bridgehead atoms. The Morgan fingerprint density at radius 2 is 2.06 bits per heavy atom. The van der Waals surface area contributed by atoms with Crippen LogP contribution in [-0.2, 0) is 4.79 Å². The fourth-order valence-electron chi connectivity index (χ4n) is 5.13. The van der Waals surface area contributed by atoms with E-state index in [1.165, 1.54) is 16.7 Å². The van der Waals surface area contributed by atoms with Crippen molar-refractivity contribution >= 4 is 5.91 Å². The topological polar surface area (TPSA) is 40.5 Å². The minimum Gasteiger partial charge on any atom is -0.392 e. The van der Waals surface area contributed by atoms with Gasteiger partial charge in [0.05, 0.1) is 6.10 Å². The third-order valence-corrected chi connectivity index (χ3v) is 7.00. The second-order valence-corrected chi connectivity index (χ2v) is 9.71. The van der Waals surface area contributed by atoms with Gasteiger partial charge in [0.1, 0.15) is 0 Å². The van der Waals surface area contributed by atoms with Crippen molar-refractivity contribution in [1.82, 2.24) is 4.90 Å². The van der Waals surface area contributed by atoms with E-state index < -0.39 is 0 Å². The average Bonchev–Trinajstić information content (AvgIpc) is 3.24. The third kappa shape index (κ3) is 6.43. The van der Waals surface area contributed by atoms with Crippen LogP contribution in [-0.4, -0.2) is 36.1 Å². The summed E-state index contributed by atoms with van der Waals surface area (Å²) in [6.07, 6.45) is 16.7. The predicted molar refractivity (Wildman–Crippen MR) is 129 cm³/mol. The normalized spacial score (nSPS) is 26.4. The zero-order valence-electron chi connectivity index (χ0n) is 19.6. The average molecular weight is 422 g/mol. The zero-order valence-corrected chi connectivity index (χ0v) is 19.6. The van der Waals surface area contributed by atoms with Gasteiger partial charge in [0.15, 0.2) is 0 Å². The smallest absolute Gasteiger partial charge is 0.222 e. The summed E-state index contributed by atoms with van der Waals surface area (Å²) in [5.74, 6) is 1.89. The molecular formula is C28H39NO2. The standard InChI is InChI=1S/C28H39NO2/c1-20-10-9-13-23(16-20)21(2)11-5-7-14-25-26-18-22(17-24(26)19-27(25)30)12-6-8-15-28(31)29(3)4/h5,7,9-11,13-14,16-17,21,24-27,30H,6,8,12,15,18-19H2,1-4H3/t21?,24-,25+,26-,27+/m0/s1. The second kappa shape index (κ2) is 10.9. The number of aliphatic hydroxyl groups excluding tert-OH is 1. The maximum atomic E-state index is 11.7. The van der Waals surface area contributed by atoms with Gasteiger partial charge in [-0.1, -0.05) is 72.7 Å². The van der Waals surface area contributed by atoms with Crippen LogP contribution >= 0.6 is 0 Å². The molecule has 3 nitrogen and oxygen atoms in total. The molecule has 31 heavy (non-hydrogen) atoms. The largest absolute Gasteiger partial charge is 0.392 e. The number of aliphatic hydroxyl groups is 1. The van der Waals surface area contributed by atoms with Crippen molar-refractivity contribution in [2.45, 2.75) is 64.4 Å². The summed E-state index contributed by atoms with van der Waals surface area (Å²) in [6.45, 7) is 4.35. The number of amides is 1. The third-order valence-electron chi connectivity index (χ3n) is 7.00. The molecule has 1 unspecified atom stereocenters. The van der Waals surface area contributed by atoms with Crippen LogP contribution in [0.5, 0.6) is 0 Å². The number of carbonyl (C=O) groups is 1. The number of hydrogen-bond donors (Lipinski definition) is 1. The Bertz CT molecular complexity index is 835. The Kier molecular flexibility index (Phi) is 8.31. The lowest BCUT2D eigenvalue weighted by Crippen LogP contribution is -2.21. The molecule has 168 valence electrons. The summed E-state index contributed by atoms with van der Waals surface area (Å²) in [5, 5.41) is 10.6. The van der Waals surface area contributed by atoms with Crippen LogP contribution in [0, 0.1) is 24.7 Å². The molecule has 0 spiro atoms. The van der Waals surface area contributed by atoms with Gasteiger partial charge in [-0.15, -0.1) is 0 Å². The first kappa shape index (κ1) is 23.5. The number of fused-ring (bicyclic) bond motifs is 1. The molecule has 0 aromatic heterocycles. The van der Waals surface area contributed by atoms with E-state index in [1.807, 2.05) is 14.1 Å². The molecule has 2 aliphatic carbocycles. The second-order valence-electron chi connectivity index (χ2n) is 9.71. The van der Waals surface area contributed by atoms with Crippen molar-refractivity contribution in [2.24, 2.45) is 17.8 Å². The van der Waals surface area contributed by atoms with E-state index in [2.05, 4.69) is 68.5 Å². The van der Waals surface area contributed by atoms with E-state index in [0.29, 0.717) is 24.2 Å². The lowest BCUT2D eigenvalue weighted by molar-refractivity contribution is -0.128. The van der Waals surface area contributed by atoms with Gasteiger partial charge in [0, 0.05) is 26.4 Å². The lowest BCUT2D eigenvalue weighted by Gasteiger charge is -2.18. The molecule has 3 rings (SSSR count). The van der Waals surface area contributed by atoms with Gasteiger partial charge in [0.2, 0.25) is 5.91 Å². The molecule has 0 saturated heterocycles. The first-order chi connectivity index (χ1) is 14.8. The Hall–Kier alpha value is -2.13. The number of hydrogen-bond acceptors (Lipinski definition) is 2. The van der Waals surface area contributed by atoms with Crippen LogP contribution < -0.4 is 0 Å². The summed E-state index contributed by atoms with van der Waals surface area (Å²) in [5.41, 5.74) is 4.16. The number of allylic oxidation sites excluding steroid dienone is 5. The molecule has 0 radical (unpaired) electrons. The Labute approximate surface area is 188 Å². The summed E-state index contributed by atoms with van der Waals surface area (Å²) < 4.78 is 0. The molecule has 1 aromatic rings. The molecule has 2 aliphatic rings. The van der Waals surface area contributed by atoms with Crippen molar-refractivity contribution in [2.75, 3.05) is 14.1 Å². The highest BCUT2D eigenvalue weighted by molar-refractivity contribution is 5.75. The highest BCUT2D eigenvalue weighted by Gasteiger charge is 2.42. The van der Waals surface area contributed by atoms with E-state index in [0.717, 1.165) is 32.1 Å². The quantitative estimate of drug-likeness (QED) is 0.311. The summed E-state index contributed by atoms with van der Waals surface area (Å²) in [4.78, 5) is 13.4. The minimum absolute atomic E-state index is 0.218. The van der Waals surface area contributed by atoms with Crippen LogP contribution in [0.1, 0.15) is 62.5 Å². The van der Waals surface area contributed by atoms with E-state index in [1.54, 1.807) is 4.90 Å². The van der Waals surface area contributed by atoms with Gasteiger partial charge < -0.3 is 10.0 Å². The highest BCUT2D eigenvalue weighted by Crippen LogP contribution is 2.48. The van der Waals surface area contributed by atoms with Crippen molar-refractivity contribution in [3.05, 3.63) is 71.3 Å². The maximum absolute atomic E-state index is 11.7. The van der Waals surface area contributed by atoms with Gasteiger partial charge in [-0.3, -0.25) is 4.79 Å². The monoisotopic (exact) mass is 421 g/mol. The van der Waals surface area contributed by atoms with Crippen LogP contribution in [0.25, 0.3) is 0 Å². The predicted octanol–water partition coefficient (Wildman–Crippen LogP) is 5.80. The van der Waals surface area contributed by atoms with Crippen LogP contribution in [0.15, 0.2) is 60.2 Å². The van der Waals surface area contributed by atoms with Gasteiger partial charge in [0.25, 0.3) is 0 Å². The summed E-state index contributed by atoms with van der Waals surface area (Å²) in [7, 11) is 3.64. The van der Waals surface area contributed by atoms with Gasteiger partial charge in [-0.25, -0.2) is 0 Å².